The zero-order chi connectivity index (χ0) is 15.2. The van der Waals surface area contributed by atoms with Gasteiger partial charge in [-0.2, -0.15) is 0 Å². The first-order chi connectivity index (χ1) is 9.40. The molecule has 1 unspecified atom stereocenters. The molecule has 1 aromatic rings. The monoisotopic (exact) mass is 277 g/mol. The van der Waals surface area contributed by atoms with Crippen LogP contribution in [0.4, 0.5) is 0 Å². The van der Waals surface area contributed by atoms with Gasteiger partial charge in [-0.25, -0.2) is 0 Å². The Bertz CT molecular complexity index is 454. The molecule has 0 saturated carbocycles. The van der Waals surface area contributed by atoms with Crippen LogP contribution in [0.25, 0.3) is 0 Å². The highest BCUT2D eigenvalue weighted by atomic mass is 16.5. The second-order valence-electron chi connectivity index (χ2n) is 5.45. The number of nitrogens with one attached hydrogen (secondary N) is 1. The van der Waals surface area contributed by atoms with Gasteiger partial charge in [0, 0.05) is 5.41 Å². The van der Waals surface area contributed by atoms with Crippen molar-refractivity contribution in [2.24, 2.45) is 5.41 Å². The first kappa shape index (κ1) is 16.2. The predicted molar refractivity (Wildman–Crippen MR) is 78.0 cm³/mol. The third kappa shape index (κ3) is 4.37. The molecule has 4 heteroatoms. The molecule has 1 N–H and O–H groups in total. The van der Waals surface area contributed by atoms with Crippen LogP contribution in [0, 0.1) is 5.41 Å². The van der Waals surface area contributed by atoms with Gasteiger partial charge in [-0.1, -0.05) is 51.1 Å². The molecule has 0 saturated heterocycles. The summed E-state index contributed by atoms with van der Waals surface area (Å²) in [6.45, 7) is 5.75. The van der Waals surface area contributed by atoms with E-state index in [-0.39, 0.29) is 24.3 Å². The molecule has 1 aromatic carbocycles. The van der Waals surface area contributed by atoms with E-state index in [2.05, 4.69) is 5.32 Å². The fraction of sp³-hybridized carbons (Fsp3) is 0.500. The average Bonchev–Trinajstić information content (AvgIpc) is 2.47. The highest BCUT2D eigenvalue weighted by Gasteiger charge is 2.28. The Hall–Kier alpha value is -1.84. The summed E-state index contributed by atoms with van der Waals surface area (Å²) >= 11 is 0. The summed E-state index contributed by atoms with van der Waals surface area (Å²) < 4.78 is 4.71. The number of carbonyl (C=O) groups excluding carboxylic acids is 2. The molecule has 0 fully saturated rings. The summed E-state index contributed by atoms with van der Waals surface area (Å²) in [7, 11) is 1.35. The lowest BCUT2D eigenvalue weighted by Crippen LogP contribution is -2.39. The number of hydrogen-bond acceptors (Lipinski definition) is 3. The van der Waals surface area contributed by atoms with Crippen LogP contribution in [0.3, 0.4) is 0 Å². The largest absolute Gasteiger partial charge is 0.469 e. The van der Waals surface area contributed by atoms with Crippen molar-refractivity contribution < 1.29 is 14.3 Å². The zero-order valence-corrected chi connectivity index (χ0v) is 12.6. The molecule has 1 atom stereocenters. The lowest BCUT2D eigenvalue weighted by Gasteiger charge is -2.26. The van der Waals surface area contributed by atoms with Gasteiger partial charge in [0.1, 0.15) is 0 Å². The Morgan fingerprint density at radius 3 is 2.35 bits per heavy atom. The lowest BCUT2D eigenvalue weighted by atomic mass is 9.88. The van der Waals surface area contributed by atoms with Crippen LogP contribution >= 0.6 is 0 Å². The molecule has 0 aliphatic heterocycles. The molecule has 110 valence electrons. The third-order valence-corrected chi connectivity index (χ3v) is 3.60. The SMILES string of the molecule is CCC(C)(C)C(=O)NC(CC(=O)OC)c1ccccc1. The van der Waals surface area contributed by atoms with Crippen LogP contribution in [0.5, 0.6) is 0 Å². The van der Waals surface area contributed by atoms with E-state index in [0.29, 0.717) is 0 Å². The van der Waals surface area contributed by atoms with Crippen molar-refractivity contribution in [3.8, 4) is 0 Å². The Labute approximate surface area is 120 Å². The van der Waals surface area contributed by atoms with E-state index in [4.69, 9.17) is 4.74 Å². The molecule has 1 amide bonds. The fourth-order valence-electron chi connectivity index (χ4n) is 1.70. The van der Waals surface area contributed by atoms with Crippen LogP contribution in [0.15, 0.2) is 30.3 Å². The molecule has 0 spiro atoms. The Morgan fingerprint density at radius 1 is 1.25 bits per heavy atom. The highest BCUT2D eigenvalue weighted by Crippen LogP contribution is 2.24. The van der Waals surface area contributed by atoms with E-state index in [1.54, 1.807) is 0 Å². The van der Waals surface area contributed by atoms with E-state index in [9.17, 15) is 9.59 Å². The molecular formula is C16H23NO3. The quantitative estimate of drug-likeness (QED) is 0.813. The molecule has 20 heavy (non-hydrogen) atoms. The van der Waals surface area contributed by atoms with Crippen molar-refractivity contribution >= 4 is 11.9 Å². The van der Waals surface area contributed by atoms with E-state index >= 15 is 0 Å². The number of carbonyl (C=O) groups is 2. The Kier molecular flexibility index (Phi) is 5.74. The number of rotatable bonds is 6. The molecule has 0 heterocycles. The van der Waals surface area contributed by atoms with E-state index in [0.717, 1.165) is 12.0 Å². The van der Waals surface area contributed by atoms with Crippen LogP contribution < -0.4 is 5.32 Å². The van der Waals surface area contributed by atoms with Gasteiger partial charge in [-0.3, -0.25) is 9.59 Å². The van der Waals surface area contributed by atoms with Crippen LogP contribution in [-0.4, -0.2) is 19.0 Å². The van der Waals surface area contributed by atoms with Crippen molar-refractivity contribution in [2.45, 2.75) is 39.7 Å². The van der Waals surface area contributed by atoms with Crippen molar-refractivity contribution in [1.82, 2.24) is 5.32 Å². The average molecular weight is 277 g/mol. The summed E-state index contributed by atoms with van der Waals surface area (Å²) in [5.74, 6) is -0.397. The molecule has 0 radical (unpaired) electrons. The molecule has 0 bridgehead atoms. The van der Waals surface area contributed by atoms with Gasteiger partial charge in [-0.05, 0) is 12.0 Å². The van der Waals surface area contributed by atoms with Crippen LogP contribution in [0.2, 0.25) is 0 Å². The van der Waals surface area contributed by atoms with Gasteiger partial charge in [0.05, 0.1) is 19.6 Å². The number of ether oxygens (including phenoxy) is 1. The number of methoxy groups -OCH3 is 1. The minimum Gasteiger partial charge on any atom is -0.469 e. The van der Waals surface area contributed by atoms with Crippen LogP contribution in [0.1, 0.15) is 45.2 Å². The molecule has 0 aromatic heterocycles. The minimum atomic E-state index is -0.455. The van der Waals surface area contributed by atoms with E-state index in [1.807, 2.05) is 51.1 Å². The smallest absolute Gasteiger partial charge is 0.307 e. The molecule has 4 nitrogen and oxygen atoms in total. The Morgan fingerprint density at radius 2 is 1.85 bits per heavy atom. The Balaban J connectivity index is 2.89. The fourth-order valence-corrected chi connectivity index (χ4v) is 1.70. The third-order valence-electron chi connectivity index (χ3n) is 3.60. The number of amides is 1. The maximum absolute atomic E-state index is 12.3. The second kappa shape index (κ2) is 7.08. The number of esters is 1. The number of hydrogen-bond donors (Lipinski definition) is 1. The van der Waals surface area contributed by atoms with Gasteiger partial charge in [0.2, 0.25) is 5.91 Å². The lowest BCUT2D eigenvalue weighted by molar-refractivity contribution is -0.141. The van der Waals surface area contributed by atoms with Gasteiger partial charge in [0.15, 0.2) is 0 Å². The van der Waals surface area contributed by atoms with E-state index < -0.39 is 5.41 Å². The minimum absolute atomic E-state index is 0.0576. The van der Waals surface area contributed by atoms with Crippen molar-refractivity contribution in [3.05, 3.63) is 35.9 Å². The van der Waals surface area contributed by atoms with Crippen molar-refractivity contribution in [2.75, 3.05) is 7.11 Å². The van der Waals surface area contributed by atoms with Gasteiger partial charge >= 0.3 is 5.97 Å². The zero-order valence-electron chi connectivity index (χ0n) is 12.6. The van der Waals surface area contributed by atoms with Crippen LogP contribution in [-0.2, 0) is 14.3 Å². The first-order valence-electron chi connectivity index (χ1n) is 6.83. The summed E-state index contributed by atoms with van der Waals surface area (Å²) in [6, 6.07) is 9.10. The predicted octanol–water partition coefficient (Wildman–Crippen LogP) is 2.84. The molecule has 0 aliphatic carbocycles. The summed E-state index contributed by atoms with van der Waals surface area (Å²) in [4.78, 5) is 23.8. The maximum Gasteiger partial charge on any atom is 0.307 e. The van der Waals surface area contributed by atoms with Gasteiger partial charge in [-0.15, -0.1) is 0 Å². The van der Waals surface area contributed by atoms with Gasteiger partial charge in [0.25, 0.3) is 0 Å². The van der Waals surface area contributed by atoms with E-state index in [1.165, 1.54) is 7.11 Å². The summed E-state index contributed by atoms with van der Waals surface area (Å²) in [5.41, 5.74) is 0.446. The second-order valence-corrected chi connectivity index (χ2v) is 5.45. The van der Waals surface area contributed by atoms with Gasteiger partial charge < -0.3 is 10.1 Å². The summed E-state index contributed by atoms with van der Waals surface area (Å²) in [5, 5.41) is 2.95. The standard InChI is InChI=1S/C16H23NO3/c1-5-16(2,3)15(19)17-13(11-14(18)20-4)12-9-7-6-8-10-12/h6-10,13H,5,11H2,1-4H3,(H,17,19). The number of benzene rings is 1. The normalized spacial score (nSPS) is 12.6. The maximum atomic E-state index is 12.3. The molecule has 1 rings (SSSR count). The van der Waals surface area contributed by atoms with Crippen molar-refractivity contribution in [3.63, 3.8) is 0 Å². The van der Waals surface area contributed by atoms with Crippen molar-refractivity contribution in [1.29, 1.82) is 0 Å². The first-order valence-corrected chi connectivity index (χ1v) is 6.83. The topological polar surface area (TPSA) is 55.4 Å². The highest BCUT2D eigenvalue weighted by molar-refractivity contribution is 5.83. The molecule has 0 aliphatic rings. The summed E-state index contributed by atoms with van der Waals surface area (Å²) in [6.07, 6.45) is 0.866. The molecular weight excluding hydrogens is 254 g/mol.